The molecule has 0 aromatic heterocycles. The van der Waals surface area contributed by atoms with Crippen molar-refractivity contribution in [3.63, 3.8) is 0 Å². The molecule has 0 aromatic rings. The molecule has 0 unspecified atom stereocenters. The van der Waals surface area contributed by atoms with Crippen LogP contribution in [0.5, 0.6) is 0 Å². The minimum Gasteiger partial charge on any atom is -0.850 e. The molecule has 13 heteroatoms. The van der Waals surface area contributed by atoms with Crippen LogP contribution in [0.25, 0.3) is 0 Å². The van der Waals surface area contributed by atoms with Crippen LogP contribution in [0.2, 0.25) is 0 Å². The van der Waals surface area contributed by atoms with Gasteiger partial charge in [-0.25, -0.2) is 8.42 Å². The van der Waals surface area contributed by atoms with Crippen molar-refractivity contribution >= 4 is 10.1 Å². The van der Waals surface area contributed by atoms with Gasteiger partial charge in [-0.15, -0.1) is 16.8 Å². The summed E-state index contributed by atoms with van der Waals surface area (Å²) in [7, 11) is -6.09. The number of ether oxygens (including phenoxy) is 2. The zero-order valence-corrected chi connectivity index (χ0v) is 25.2. The molecule has 0 aromatic carbocycles. The SMILES string of the molecule is C1CCOC1.C1CCOC1.CC(C)(C)[O-].CC(C)(C)[O-].CC(C)(C)[O-].O=S(=O)([O-])C(F)(F)F.[Zr+4]. The van der Waals surface area contributed by atoms with Gasteiger partial charge in [-0.1, -0.05) is 62.3 Å². The van der Waals surface area contributed by atoms with Crippen LogP contribution >= 0.6 is 0 Å². The first-order chi connectivity index (χ1) is 14.2. The average Bonchev–Trinajstić information content (AvgIpc) is 3.20. The topological polar surface area (TPSA) is 145 Å². The van der Waals surface area contributed by atoms with Crippen molar-refractivity contribution in [1.29, 1.82) is 0 Å². The Morgan fingerprint density at radius 2 is 0.706 bits per heavy atom. The van der Waals surface area contributed by atoms with Gasteiger partial charge in [-0.05, 0) is 25.7 Å². The van der Waals surface area contributed by atoms with E-state index >= 15 is 0 Å². The first-order valence-electron chi connectivity index (χ1n) is 10.5. The van der Waals surface area contributed by atoms with E-state index in [9.17, 15) is 28.5 Å². The summed E-state index contributed by atoms with van der Waals surface area (Å²) in [4.78, 5) is 0. The van der Waals surface area contributed by atoms with Crippen molar-refractivity contribution in [3.8, 4) is 0 Å². The second-order valence-corrected chi connectivity index (χ2v) is 11.2. The minimum absolute atomic E-state index is 0. The Hall–Kier alpha value is 0.383. The Morgan fingerprint density at radius 3 is 0.735 bits per heavy atom. The smallest absolute Gasteiger partial charge is 0.850 e. The van der Waals surface area contributed by atoms with Crippen LogP contribution in [0.15, 0.2) is 0 Å². The molecule has 0 spiro atoms. The van der Waals surface area contributed by atoms with Gasteiger partial charge in [-0.2, -0.15) is 13.2 Å². The Bertz CT molecular complexity index is 458. The van der Waals surface area contributed by atoms with Crippen molar-refractivity contribution in [2.75, 3.05) is 26.4 Å². The molecule has 2 heterocycles. The molecule has 0 N–H and O–H groups in total. The first kappa shape index (κ1) is 44.4. The summed E-state index contributed by atoms with van der Waals surface area (Å²) in [6.07, 6.45) is 5.11. The normalized spacial score (nSPS) is 15.6. The summed E-state index contributed by atoms with van der Waals surface area (Å²) in [5, 5.41) is 30.3. The van der Waals surface area contributed by atoms with Crippen molar-refractivity contribution in [2.24, 2.45) is 0 Å². The van der Waals surface area contributed by atoms with Crippen LogP contribution in [0, 0.1) is 0 Å². The van der Waals surface area contributed by atoms with Gasteiger partial charge in [0.15, 0.2) is 10.1 Å². The molecule has 2 saturated heterocycles. The fourth-order valence-corrected chi connectivity index (χ4v) is 1.02. The summed E-state index contributed by atoms with van der Waals surface area (Å²) in [6.45, 7) is 18.7. The maximum atomic E-state index is 10.7. The molecule has 0 bridgehead atoms. The molecule has 0 saturated carbocycles. The van der Waals surface area contributed by atoms with Crippen molar-refractivity contribution < 1.29 is 77.1 Å². The van der Waals surface area contributed by atoms with E-state index in [1.807, 2.05) is 0 Å². The van der Waals surface area contributed by atoms with Gasteiger partial charge in [0.05, 0.1) is 0 Å². The molecule has 2 fully saturated rings. The van der Waals surface area contributed by atoms with Crippen LogP contribution in [0.4, 0.5) is 13.2 Å². The van der Waals surface area contributed by atoms with E-state index < -0.39 is 32.4 Å². The number of alkyl halides is 3. The summed E-state index contributed by atoms with van der Waals surface area (Å²) in [5.41, 5.74) is -7.90. The summed E-state index contributed by atoms with van der Waals surface area (Å²) >= 11 is 0. The Kier molecular flexibility index (Phi) is 28.0. The Balaban J connectivity index is -0.0000000994. The fraction of sp³-hybridized carbons (Fsp3) is 1.00. The number of halogens is 3. The first-order valence-corrected chi connectivity index (χ1v) is 11.9. The van der Waals surface area contributed by atoms with Crippen molar-refractivity contribution in [1.82, 2.24) is 0 Å². The standard InChI is InChI=1S/2C4H8O.3C4H9O.CHF3O3S.Zr/c2*1-2-4-5-3-1;3*1-4(2,3)5;2-1(3,4)8(5,6)7;/h2*1-4H2;3*1-3H3;(H,5,6,7);/q;;3*-1;;+4/p-1. The molecule has 0 aliphatic carbocycles. The third kappa shape index (κ3) is 84.9. The zero-order valence-electron chi connectivity index (χ0n) is 22.0. The van der Waals surface area contributed by atoms with Gasteiger partial charge in [0.1, 0.15) is 0 Å². The molecule has 206 valence electrons. The Labute approximate surface area is 223 Å². The molecule has 2 aliphatic heterocycles. The van der Waals surface area contributed by atoms with Crippen molar-refractivity contribution in [2.45, 2.75) is 110 Å². The van der Waals surface area contributed by atoms with Gasteiger partial charge in [0, 0.05) is 26.4 Å². The molecule has 0 amide bonds. The summed E-state index contributed by atoms with van der Waals surface area (Å²) < 4.78 is 68.8. The van der Waals surface area contributed by atoms with Crippen LogP contribution in [-0.4, -0.2) is 61.7 Å². The predicted octanol–water partition coefficient (Wildman–Crippen LogP) is 2.08. The molecule has 0 radical (unpaired) electrons. The molecule has 2 aliphatic rings. The third-order valence-corrected chi connectivity index (χ3v) is 2.51. The van der Waals surface area contributed by atoms with Gasteiger partial charge < -0.3 is 29.3 Å². The molecular weight excluding hydrogens is 561 g/mol. The van der Waals surface area contributed by atoms with E-state index in [1.54, 1.807) is 62.3 Å². The zero-order chi connectivity index (χ0) is 27.6. The number of hydrogen-bond acceptors (Lipinski definition) is 8. The van der Waals surface area contributed by atoms with E-state index in [0.717, 1.165) is 26.4 Å². The van der Waals surface area contributed by atoms with E-state index in [0.29, 0.717) is 0 Å². The summed E-state index contributed by atoms with van der Waals surface area (Å²) in [6, 6.07) is 0. The van der Waals surface area contributed by atoms with Gasteiger partial charge in [0.2, 0.25) is 0 Å². The second kappa shape index (κ2) is 21.5. The van der Waals surface area contributed by atoms with Crippen LogP contribution in [-0.2, 0) is 45.8 Å². The molecule has 8 nitrogen and oxygen atoms in total. The molecule has 0 atom stereocenters. The molecular formula is C21H43F3O8SZr. The monoisotopic (exact) mass is 602 g/mol. The largest absolute Gasteiger partial charge is 4.00 e. The quantitative estimate of drug-likeness (QED) is 0.302. The van der Waals surface area contributed by atoms with E-state index in [2.05, 4.69) is 0 Å². The molecule has 2 rings (SSSR count). The van der Waals surface area contributed by atoms with Gasteiger partial charge in [0.25, 0.3) is 0 Å². The molecule has 34 heavy (non-hydrogen) atoms. The Morgan fingerprint density at radius 1 is 0.588 bits per heavy atom. The minimum atomic E-state index is -6.09. The van der Waals surface area contributed by atoms with E-state index in [1.165, 1.54) is 25.7 Å². The van der Waals surface area contributed by atoms with E-state index in [-0.39, 0.29) is 26.2 Å². The average molecular weight is 604 g/mol. The van der Waals surface area contributed by atoms with E-state index in [4.69, 9.17) is 22.4 Å². The second-order valence-electron chi connectivity index (χ2n) is 9.88. The van der Waals surface area contributed by atoms with Gasteiger partial charge in [-0.3, -0.25) is 0 Å². The number of hydrogen-bond donors (Lipinski definition) is 0. The maximum Gasteiger partial charge on any atom is 4.00 e. The number of rotatable bonds is 0. The predicted molar refractivity (Wildman–Crippen MR) is 115 cm³/mol. The summed E-state index contributed by atoms with van der Waals surface area (Å²) in [5.74, 6) is 0. The maximum absolute atomic E-state index is 10.7. The fourth-order valence-electron chi connectivity index (χ4n) is 1.02. The van der Waals surface area contributed by atoms with Crippen LogP contribution in [0.3, 0.4) is 0 Å². The van der Waals surface area contributed by atoms with Crippen LogP contribution in [0.1, 0.15) is 88.0 Å². The van der Waals surface area contributed by atoms with Crippen LogP contribution < -0.4 is 15.3 Å². The van der Waals surface area contributed by atoms with Crippen molar-refractivity contribution in [3.05, 3.63) is 0 Å². The third-order valence-electron chi connectivity index (χ3n) is 1.94. The van der Waals surface area contributed by atoms with Gasteiger partial charge >= 0.3 is 31.7 Å².